The molecule has 0 aromatic rings. The lowest BCUT2D eigenvalue weighted by Gasteiger charge is -2.32. The highest BCUT2D eigenvalue weighted by atomic mass is 16.5. The molecule has 1 N–H and O–H groups in total. The molecule has 0 aromatic carbocycles. The van der Waals surface area contributed by atoms with Crippen LogP contribution in [0.5, 0.6) is 0 Å². The molecule has 72 valence electrons. The third kappa shape index (κ3) is 3.11. The van der Waals surface area contributed by atoms with Gasteiger partial charge in [-0.1, -0.05) is 13.8 Å². The minimum Gasteiger partial charge on any atom is -0.390 e. The van der Waals surface area contributed by atoms with Gasteiger partial charge in [-0.2, -0.15) is 0 Å². The summed E-state index contributed by atoms with van der Waals surface area (Å²) < 4.78 is 5.21. The summed E-state index contributed by atoms with van der Waals surface area (Å²) in [4.78, 5) is 0. The Labute approximate surface area is 74.9 Å². The quantitative estimate of drug-likeness (QED) is 0.705. The van der Waals surface area contributed by atoms with E-state index in [1.165, 1.54) is 0 Å². The number of hydrogen-bond donors (Lipinski definition) is 1. The fraction of sp³-hybridized carbons (Fsp3) is 1.00. The van der Waals surface area contributed by atoms with Crippen molar-refractivity contribution < 1.29 is 9.84 Å². The molecule has 1 saturated heterocycles. The predicted octanol–water partition coefficient (Wildman–Crippen LogP) is 1.96. The van der Waals surface area contributed by atoms with Crippen molar-refractivity contribution in [2.24, 2.45) is 5.92 Å². The minimum atomic E-state index is -0.414. The van der Waals surface area contributed by atoms with E-state index in [1.807, 2.05) is 0 Å². The molecular formula is C10H20O2. The van der Waals surface area contributed by atoms with Crippen molar-refractivity contribution in [3.05, 3.63) is 0 Å². The first-order valence-electron chi connectivity index (χ1n) is 4.92. The van der Waals surface area contributed by atoms with Crippen LogP contribution in [0.1, 0.15) is 39.5 Å². The van der Waals surface area contributed by atoms with E-state index in [0.29, 0.717) is 5.92 Å². The predicted molar refractivity (Wildman–Crippen MR) is 49.1 cm³/mol. The van der Waals surface area contributed by atoms with Crippen LogP contribution in [-0.2, 0) is 4.74 Å². The number of ether oxygens (including phenoxy) is 1. The van der Waals surface area contributed by atoms with Crippen LogP contribution < -0.4 is 0 Å². The maximum absolute atomic E-state index is 10.0. The molecule has 0 radical (unpaired) electrons. The van der Waals surface area contributed by atoms with E-state index in [0.717, 1.165) is 38.9 Å². The summed E-state index contributed by atoms with van der Waals surface area (Å²) in [7, 11) is 0. The molecule has 0 saturated carbocycles. The van der Waals surface area contributed by atoms with Gasteiger partial charge < -0.3 is 9.84 Å². The van der Waals surface area contributed by atoms with Gasteiger partial charge in [0.25, 0.3) is 0 Å². The fourth-order valence-corrected chi connectivity index (χ4v) is 1.56. The molecule has 0 amide bonds. The number of hydrogen-bond acceptors (Lipinski definition) is 2. The van der Waals surface area contributed by atoms with Gasteiger partial charge in [-0.25, -0.2) is 0 Å². The van der Waals surface area contributed by atoms with E-state index in [9.17, 15) is 5.11 Å². The van der Waals surface area contributed by atoms with E-state index in [-0.39, 0.29) is 0 Å². The maximum Gasteiger partial charge on any atom is 0.0691 e. The number of rotatable bonds is 3. The summed E-state index contributed by atoms with van der Waals surface area (Å²) in [5, 5.41) is 10.0. The van der Waals surface area contributed by atoms with Crippen molar-refractivity contribution in [1.82, 2.24) is 0 Å². The molecule has 0 unspecified atom stereocenters. The molecule has 1 rings (SSSR count). The lowest BCUT2D eigenvalue weighted by Crippen LogP contribution is -2.36. The van der Waals surface area contributed by atoms with E-state index in [2.05, 4.69) is 13.8 Å². The molecule has 1 heterocycles. The lowest BCUT2D eigenvalue weighted by molar-refractivity contribution is -0.0702. The van der Waals surface area contributed by atoms with Gasteiger partial charge in [0.15, 0.2) is 0 Å². The maximum atomic E-state index is 10.0. The molecule has 0 aliphatic carbocycles. The zero-order valence-corrected chi connectivity index (χ0v) is 8.18. The third-order valence-corrected chi connectivity index (χ3v) is 2.61. The van der Waals surface area contributed by atoms with E-state index < -0.39 is 5.60 Å². The van der Waals surface area contributed by atoms with Crippen molar-refractivity contribution in [2.45, 2.75) is 45.1 Å². The van der Waals surface area contributed by atoms with Crippen LogP contribution in [-0.4, -0.2) is 23.9 Å². The zero-order chi connectivity index (χ0) is 9.03. The molecule has 2 heteroatoms. The van der Waals surface area contributed by atoms with E-state index >= 15 is 0 Å². The minimum absolute atomic E-state index is 0.414. The van der Waals surface area contributed by atoms with Crippen LogP contribution in [0, 0.1) is 5.92 Å². The summed E-state index contributed by atoms with van der Waals surface area (Å²) in [6, 6.07) is 0. The van der Waals surface area contributed by atoms with Crippen LogP contribution in [0.3, 0.4) is 0 Å². The highest BCUT2D eigenvalue weighted by molar-refractivity contribution is 4.81. The lowest BCUT2D eigenvalue weighted by atomic mass is 9.87. The van der Waals surface area contributed by atoms with Crippen LogP contribution in [0.4, 0.5) is 0 Å². The Morgan fingerprint density at radius 1 is 1.33 bits per heavy atom. The SMILES string of the molecule is CC(C)CCC1(O)CCOCC1. The Kier molecular flexibility index (Phi) is 3.53. The van der Waals surface area contributed by atoms with E-state index in [4.69, 9.17) is 4.74 Å². The molecule has 0 spiro atoms. The Bertz CT molecular complexity index is 126. The normalized spacial score (nSPS) is 23.0. The van der Waals surface area contributed by atoms with Gasteiger partial charge in [-0.15, -0.1) is 0 Å². The molecule has 0 atom stereocenters. The fourth-order valence-electron chi connectivity index (χ4n) is 1.56. The largest absolute Gasteiger partial charge is 0.390 e. The summed E-state index contributed by atoms with van der Waals surface area (Å²) in [6.45, 7) is 5.86. The zero-order valence-electron chi connectivity index (χ0n) is 8.18. The summed E-state index contributed by atoms with van der Waals surface area (Å²) in [5.41, 5.74) is -0.414. The molecule has 1 fully saturated rings. The standard InChI is InChI=1S/C10H20O2/c1-9(2)3-4-10(11)5-7-12-8-6-10/h9,11H,3-8H2,1-2H3. The Morgan fingerprint density at radius 2 is 1.92 bits per heavy atom. The van der Waals surface area contributed by atoms with Crippen LogP contribution >= 0.6 is 0 Å². The Morgan fingerprint density at radius 3 is 2.42 bits per heavy atom. The highest BCUT2D eigenvalue weighted by Gasteiger charge is 2.29. The van der Waals surface area contributed by atoms with Gasteiger partial charge in [0, 0.05) is 13.2 Å². The average Bonchev–Trinajstić information content (AvgIpc) is 2.03. The molecule has 2 nitrogen and oxygen atoms in total. The second kappa shape index (κ2) is 4.24. The topological polar surface area (TPSA) is 29.5 Å². The van der Waals surface area contributed by atoms with Crippen LogP contribution in [0.25, 0.3) is 0 Å². The number of aliphatic hydroxyl groups is 1. The average molecular weight is 172 g/mol. The highest BCUT2D eigenvalue weighted by Crippen LogP contribution is 2.26. The molecule has 1 aliphatic heterocycles. The van der Waals surface area contributed by atoms with Gasteiger partial charge in [-0.05, 0) is 31.6 Å². The first-order valence-corrected chi connectivity index (χ1v) is 4.92. The molecule has 12 heavy (non-hydrogen) atoms. The van der Waals surface area contributed by atoms with Gasteiger partial charge in [-0.3, -0.25) is 0 Å². The summed E-state index contributed by atoms with van der Waals surface area (Å²) in [5.74, 6) is 0.692. The Hall–Kier alpha value is -0.0800. The molecule has 1 aliphatic rings. The second-order valence-corrected chi connectivity index (χ2v) is 4.27. The third-order valence-electron chi connectivity index (χ3n) is 2.61. The smallest absolute Gasteiger partial charge is 0.0691 e. The summed E-state index contributed by atoms with van der Waals surface area (Å²) in [6.07, 6.45) is 3.70. The van der Waals surface area contributed by atoms with Crippen molar-refractivity contribution >= 4 is 0 Å². The second-order valence-electron chi connectivity index (χ2n) is 4.27. The van der Waals surface area contributed by atoms with Crippen molar-refractivity contribution in [3.63, 3.8) is 0 Å². The summed E-state index contributed by atoms with van der Waals surface area (Å²) >= 11 is 0. The van der Waals surface area contributed by atoms with Gasteiger partial charge in [0.2, 0.25) is 0 Å². The Balaban J connectivity index is 2.26. The molecule has 0 aromatic heterocycles. The molecular weight excluding hydrogens is 152 g/mol. The van der Waals surface area contributed by atoms with Crippen molar-refractivity contribution in [2.75, 3.05) is 13.2 Å². The van der Waals surface area contributed by atoms with Crippen molar-refractivity contribution in [3.8, 4) is 0 Å². The van der Waals surface area contributed by atoms with E-state index in [1.54, 1.807) is 0 Å². The monoisotopic (exact) mass is 172 g/mol. The van der Waals surface area contributed by atoms with Crippen LogP contribution in [0.15, 0.2) is 0 Å². The van der Waals surface area contributed by atoms with Gasteiger partial charge in [0.1, 0.15) is 0 Å². The first kappa shape index (κ1) is 10.0. The van der Waals surface area contributed by atoms with Gasteiger partial charge in [0.05, 0.1) is 5.60 Å². The van der Waals surface area contributed by atoms with Crippen molar-refractivity contribution in [1.29, 1.82) is 0 Å². The van der Waals surface area contributed by atoms with Crippen LogP contribution in [0.2, 0.25) is 0 Å². The van der Waals surface area contributed by atoms with Gasteiger partial charge >= 0.3 is 0 Å². The first-order chi connectivity index (χ1) is 5.62. The molecule has 0 bridgehead atoms.